The van der Waals surface area contributed by atoms with Crippen LogP contribution < -0.4 is 0 Å². The molecular weight excluding hydrogens is 679 g/mol. The molecule has 292 valence electrons. The van der Waals surface area contributed by atoms with E-state index in [1.165, 1.54) is 45.8 Å². The summed E-state index contributed by atoms with van der Waals surface area (Å²) in [6.45, 7) is 22.1. The summed E-state index contributed by atoms with van der Waals surface area (Å²) in [6, 6.07) is 46.3. The Bertz CT molecular complexity index is 2010. The lowest BCUT2D eigenvalue weighted by Gasteiger charge is -2.14. The van der Waals surface area contributed by atoms with Crippen LogP contribution in [0, 0.1) is 5.92 Å². The van der Waals surface area contributed by atoms with E-state index in [1.807, 2.05) is 48.9 Å². The number of hydrogen-bond donors (Lipinski definition) is 0. The molecule has 3 nitrogen and oxygen atoms in total. The second kappa shape index (κ2) is 22.4. The number of para-hydroxylation sites is 1. The van der Waals surface area contributed by atoms with E-state index < -0.39 is 0 Å². The highest BCUT2D eigenvalue weighted by Crippen LogP contribution is 2.37. The lowest BCUT2D eigenvalue weighted by atomic mass is 9.90. The maximum absolute atomic E-state index is 4.41. The molecule has 1 aliphatic carbocycles. The number of nitrogens with zero attached hydrogens (tertiary/aromatic N) is 3. The maximum atomic E-state index is 4.41. The molecule has 4 aromatic carbocycles. The Balaban J connectivity index is 0.000000157. The third kappa shape index (κ3) is 13.0. The van der Waals surface area contributed by atoms with Gasteiger partial charge in [-0.1, -0.05) is 172 Å². The summed E-state index contributed by atoms with van der Waals surface area (Å²) in [5.74, 6) is 3.88. The quantitative estimate of drug-likeness (QED) is 0.176. The van der Waals surface area contributed by atoms with E-state index in [2.05, 4.69) is 187 Å². The Morgan fingerprint density at radius 3 is 1.70 bits per heavy atom. The van der Waals surface area contributed by atoms with Crippen LogP contribution in [-0.2, 0) is 6.42 Å². The Labute approximate surface area is 338 Å². The zero-order valence-corrected chi connectivity index (χ0v) is 35.7. The van der Waals surface area contributed by atoms with Crippen LogP contribution in [0.3, 0.4) is 0 Å². The Kier molecular flexibility index (Phi) is 17.4. The van der Waals surface area contributed by atoms with Crippen LogP contribution in [0.1, 0.15) is 139 Å². The van der Waals surface area contributed by atoms with Gasteiger partial charge >= 0.3 is 0 Å². The Morgan fingerprint density at radius 1 is 0.464 bits per heavy atom. The number of aryl methyl sites for hydroxylation is 1. The lowest BCUT2D eigenvalue weighted by Crippen LogP contribution is -2.01. The first-order chi connectivity index (χ1) is 27.0. The van der Waals surface area contributed by atoms with Gasteiger partial charge < -0.3 is 0 Å². The second-order valence-electron chi connectivity index (χ2n) is 16.2. The number of hydrogen-bond acceptors (Lipinski definition) is 3. The monoisotopic (exact) mass is 744 g/mol. The van der Waals surface area contributed by atoms with Gasteiger partial charge in [0.2, 0.25) is 0 Å². The summed E-state index contributed by atoms with van der Waals surface area (Å²) >= 11 is 0. The zero-order valence-electron chi connectivity index (χ0n) is 35.7. The molecule has 8 rings (SSSR count). The van der Waals surface area contributed by atoms with Crippen molar-refractivity contribution in [2.75, 3.05) is 0 Å². The number of pyridine rings is 3. The minimum atomic E-state index is 0.492. The van der Waals surface area contributed by atoms with Gasteiger partial charge in [-0.05, 0) is 106 Å². The van der Waals surface area contributed by atoms with Crippen molar-refractivity contribution in [1.82, 2.24) is 15.0 Å². The first-order valence-corrected chi connectivity index (χ1v) is 20.7. The van der Waals surface area contributed by atoms with Crippen LogP contribution >= 0.6 is 0 Å². The highest BCUT2D eigenvalue weighted by molar-refractivity contribution is 5.84. The number of benzene rings is 4. The van der Waals surface area contributed by atoms with Crippen molar-refractivity contribution in [2.24, 2.45) is 5.92 Å². The fraction of sp³-hybridized carbons (Fsp3) is 0.340. The van der Waals surface area contributed by atoms with Gasteiger partial charge in [0.15, 0.2) is 0 Å². The molecule has 0 fully saturated rings. The Morgan fingerprint density at radius 2 is 1.09 bits per heavy atom. The summed E-state index contributed by atoms with van der Waals surface area (Å²) in [7, 11) is 0. The minimum Gasteiger partial charge on any atom is -0.261 e. The molecule has 1 unspecified atom stereocenters. The van der Waals surface area contributed by atoms with Crippen LogP contribution in [0.25, 0.3) is 21.7 Å². The van der Waals surface area contributed by atoms with E-state index >= 15 is 0 Å². The van der Waals surface area contributed by atoms with Gasteiger partial charge in [0.1, 0.15) is 0 Å². The summed E-state index contributed by atoms with van der Waals surface area (Å²) in [5, 5.41) is 3.83. The lowest BCUT2D eigenvalue weighted by molar-refractivity contribution is 0.496. The molecule has 0 amide bonds. The smallest absolute Gasteiger partial charge is 0.0704 e. The van der Waals surface area contributed by atoms with Gasteiger partial charge in [-0.2, -0.15) is 0 Å². The standard InChI is InChI=1S/2C12H13N.C12H16.C9H12.C8H11N/c1-9(2)10-7-8-13-12-6-4-3-5-11(10)12;1-9(2)12-11-6-4-3-5-10(11)7-8-13-12;1-9(2)11-8-7-10-5-3-4-6-12(10)11;1-8(2)9-6-4-3-5-7-9;1-7(2)8-5-3-4-6-9-8/h2*3-9H,1-2H3;3-6,9,11H,7-8H2,1-2H3;3-8H,1-2H3;3-7H,1-2H3. The van der Waals surface area contributed by atoms with Gasteiger partial charge in [0, 0.05) is 35.1 Å². The summed E-state index contributed by atoms with van der Waals surface area (Å²) in [5.41, 5.74) is 9.43. The molecule has 0 saturated carbocycles. The summed E-state index contributed by atoms with van der Waals surface area (Å²) in [6.07, 6.45) is 8.25. The number of fused-ring (bicyclic) bond motifs is 3. The van der Waals surface area contributed by atoms with Crippen molar-refractivity contribution >= 4 is 21.7 Å². The molecule has 0 aliphatic heterocycles. The van der Waals surface area contributed by atoms with Gasteiger partial charge in [0.25, 0.3) is 0 Å². The van der Waals surface area contributed by atoms with Gasteiger partial charge in [0.05, 0.1) is 11.2 Å². The van der Waals surface area contributed by atoms with E-state index in [0.29, 0.717) is 23.7 Å². The largest absolute Gasteiger partial charge is 0.261 e. The Hall–Kier alpha value is -5.15. The number of aromatic nitrogens is 3. The first kappa shape index (κ1) is 43.6. The summed E-state index contributed by atoms with van der Waals surface area (Å²) < 4.78 is 0. The molecule has 3 heterocycles. The predicted molar refractivity (Wildman–Crippen MR) is 243 cm³/mol. The van der Waals surface area contributed by atoms with E-state index in [0.717, 1.165) is 23.0 Å². The van der Waals surface area contributed by atoms with Crippen LogP contribution in [0.15, 0.2) is 152 Å². The molecule has 1 atom stereocenters. The van der Waals surface area contributed by atoms with Crippen molar-refractivity contribution in [2.45, 2.75) is 112 Å². The van der Waals surface area contributed by atoms with E-state index in [1.54, 1.807) is 11.1 Å². The predicted octanol–water partition coefficient (Wildman–Crippen LogP) is 15.1. The second-order valence-corrected chi connectivity index (χ2v) is 16.2. The van der Waals surface area contributed by atoms with E-state index in [-0.39, 0.29) is 0 Å². The van der Waals surface area contributed by atoms with Crippen molar-refractivity contribution in [1.29, 1.82) is 0 Å². The van der Waals surface area contributed by atoms with Crippen molar-refractivity contribution in [3.8, 4) is 0 Å². The third-order valence-electron chi connectivity index (χ3n) is 10.3. The first-order valence-electron chi connectivity index (χ1n) is 20.7. The molecule has 0 N–H and O–H groups in total. The van der Waals surface area contributed by atoms with Gasteiger partial charge in [-0.3, -0.25) is 15.0 Å². The molecular formula is C53H65N3. The molecule has 0 spiro atoms. The summed E-state index contributed by atoms with van der Waals surface area (Å²) in [4.78, 5) is 12.9. The van der Waals surface area contributed by atoms with E-state index in [4.69, 9.17) is 0 Å². The minimum absolute atomic E-state index is 0.492. The molecule has 3 heteroatoms. The molecule has 0 saturated heterocycles. The van der Waals surface area contributed by atoms with Crippen LogP contribution in [0.2, 0.25) is 0 Å². The molecule has 3 aromatic heterocycles. The number of rotatable bonds is 5. The average Bonchev–Trinajstić information content (AvgIpc) is 3.67. The van der Waals surface area contributed by atoms with Gasteiger partial charge in [-0.15, -0.1) is 0 Å². The SMILES string of the molecule is CC(C)C1CCc2ccccc21.CC(C)c1ccccc1.CC(C)c1ccccn1.CC(C)c1ccnc2ccccc12.CC(C)c1nccc2ccccc12. The normalized spacial score (nSPS) is 12.9. The molecule has 1 aliphatic rings. The third-order valence-corrected chi connectivity index (χ3v) is 10.3. The van der Waals surface area contributed by atoms with Gasteiger partial charge in [-0.25, -0.2) is 0 Å². The molecule has 7 aromatic rings. The molecule has 56 heavy (non-hydrogen) atoms. The van der Waals surface area contributed by atoms with Crippen LogP contribution in [0.5, 0.6) is 0 Å². The van der Waals surface area contributed by atoms with Crippen LogP contribution in [-0.4, -0.2) is 15.0 Å². The fourth-order valence-electron chi connectivity index (χ4n) is 7.06. The highest BCUT2D eigenvalue weighted by Gasteiger charge is 2.23. The van der Waals surface area contributed by atoms with Crippen LogP contribution in [0.4, 0.5) is 0 Å². The topological polar surface area (TPSA) is 38.7 Å². The highest BCUT2D eigenvalue weighted by atomic mass is 14.7. The fourth-order valence-corrected chi connectivity index (χ4v) is 7.06. The zero-order chi connectivity index (χ0) is 40.5. The molecule has 0 bridgehead atoms. The van der Waals surface area contributed by atoms with Crippen molar-refractivity contribution in [3.05, 3.63) is 186 Å². The average molecular weight is 744 g/mol. The van der Waals surface area contributed by atoms with E-state index in [9.17, 15) is 0 Å². The van der Waals surface area contributed by atoms with Crippen molar-refractivity contribution < 1.29 is 0 Å². The maximum Gasteiger partial charge on any atom is 0.0704 e. The molecule has 0 radical (unpaired) electrons. The van der Waals surface area contributed by atoms with Crippen molar-refractivity contribution in [3.63, 3.8) is 0 Å².